The van der Waals surface area contributed by atoms with Crippen LogP contribution in [0.3, 0.4) is 0 Å². The van der Waals surface area contributed by atoms with Gasteiger partial charge in [0, 0.05) is 18.6 Å². The molecule has 0 saturated carbocycles. The van der Waals surface area contributed by atoms with Gasteiger partial charge in [0.25, 0.3) is 0 Å². The molecule has 0 spiro atoms. The summed E-state index contributed by atoms with van der Waals surface area (Å²) >= 11 is 0. The zero-order chi connectivity index (χ0) is 17.0. The molecule has 0 aromatic carbocycles. The standard InChI is InChI=1S/C18H21N4PSi/c1-24(2,3)22-23(16-10-4-7-13-19-16,17-11-5-8-14-20-17)18-12-6-9-15-21-18/h4-15H,1-3H3. The number of aromatic nitrogens is 3. The highest BCUT2D eigenvalue weighted by Gasteiger charge is 2.33. The quantitative estimate of drug-likeness (QED) is 0.535. The molecule has 0 aliphatic heterocycles. The molecule has 0 aliphatic rings. The van der Waals surface area contributed by atoms with Crippen molar-refractivity contribution in [2.45, 2.75) is 19.6 Å². The van der Waals surface area contributed by atoms with Crippen LogP contribution in [0.2, 0.25) is 19.6 Å². The largest absolute Gasteiger partial charge is 0.322 e. The van der Waals surface area contributed by atoms with Gasteiger partial charge in [-0.25, -0.2) is 0 Å². The SMILES string of the molecule is C[Si](C)(C)N=P(c1ccccn1)(c1ccccn1)c1ccccn1. The molecule has 0 unspecified atom stereocenters. The van der Waals surface area contributed by atoms with E-state index in [0.717, 1.165) is 16.3 Å². The Balaban J connectivity index is 2.45. The fourth-order valence-electron chi connectivity index (χ4n) is 2.59. The molecule has 3 aromatic rings. The van der Waals surface area contributed by atoms with E-state index in [4.69, 9.17) is 4.41 Å². The topological polar surface area (TPSA) is 51.0 Å². The molecular weight excluding hydrogens is 331 g/mol. The Kier molecular flexibility index (Phi) is 4.74. The maximum absolute atomic E-state index is 5.41. The van der Waals surface area contributed by atoms with Crippen molar-refractivity contribution in [2.75, 3.05) is 0 Å². The predicted octanol–water partition coefficient (Wildman–Crippen LogP) is 3.18. The van der Waals surface area contributed by atoms with Gasteiger partial charge in [-0.3, -0.25) is 15.0 Å². The van der Waals surface area contributed by atoms with Crippen LogP contribution in [-0.4, -0.2) is 23.2 Å². The Morgan fingerprint density at radius 3 is 1.29 bits per heavy atom. The van der Waals surface area contributed by atoms with Crippen molar-refractivity contribution in [3.8, 4) is 0 Å². The van der Waals surface area contributed by atoms with Gasteiger partial charge in [-0.2, -0.15) is 0 Å². The van der Waals surface area contributed by atoms with Crippen molar-refractivity contribution < 1.29 is 0 Å². The van der Waals surface area contributed by atoms with Crippen LogP contribution >= 0.6 is 7.05 Å². The molecule has 0 aliphatic carbocycles. The van der Waals surface area contributed by atoms with Gasteiger partial charge in [0.05, 0.1) is 23.4 Å². The Morgan fingerprint density at radius 2 is 1.04 bits per heavy atom. The molecule has 4 nitrogen and oxygen atoms in total. The molecule has 122 valence electrons. The minimum absolute atomic E-state index is 0.963. The van der Waals surface area contributed by atoms with Crippen LogP contribution in [0.1, 0.15) is 0 Å². The molecule has 3 heterocycles. The number of hydrogen-bond acceptors (Lipinski definition) is 4. The fraction of sp³-hybridized carbons (Fsp3) is 0.167. The molecular formula is C18H21N4PSi. The zero-order valence-corrected chi connectivity index (χ0v) is 16.1. The van der Waals surface area contributed by atoms with Crippen molar-refractivity contribution >= 4 is 31.6 Å². The van der Waals surface area contributed by atoms with Crippen molar-refractivity contribution in [3.63, 3.8) is 0 Å². The first kappa shape index (κ1) is 16.7. The van der Waals surface area contributed by atoms with Gasteiger partial charge >= 0.3 is 0 Å². The Bertz CT molecular complexity index is 743. The van der Waals surface area contributed by atoms with Gasteiger partial charge in [0.2, 0.25) is 0 Å². The third kappa shape index (κ3) is 3.37. The molecule has 6 heteroatoms. The normalized spacial score (nSPS) is 12.0. The summed E-state index contributed by atoms with van der Waals surface area (Å²) < 4.78 is 5.41. The molecule has 3 rings (SSSR count). The molecule has 0 saturated heterocycles. The van der Waals surface area contributed by atoms with E-state index in [0.29, 0.717) is 0 Å². The smallest absolute Gasteiger partial charge is 0.171 e. The van der Waals surface area contributed by atoms with Gasteiger partial charge < -0.3 is 4.41 Å². The number of pyridine rings is 3. The molecule has 0 N–H and O–H groups in total. The van der Waals surface area contributed by atoms with E-state index in [2.05, 4.69) is 52.8 Å². The number of rotatable bonds is 4. The van der Waals surface area contributed by atoms with E-state index in [1.165, 1.54) is 0 Å². The van der Waals surface area contributed by atoms with Crippen LogP contribution in [0.4, 0.5) is 0 Å². The summed E-state index contributed by atoms with van der Waals surface area (Å²) in [7, 11) is -4.11. The average molecular weight is 352 g/mol. The van der Waals surface area contributed by atoms with Crippen LogP contribution < -0.4 is 16.3 Å². The first-order chi connectivity index (χ1) is 11.5. The third-order valence-corrected chi connectivity index (χ3v) is 9.78. The van der Waals surface area contributed by atoms with E-state index < -0.39 is 15.3 Å². The number of hydrogen-bond donors (Lipinski definition) is 0. The van der Waals surface area contributed by atoms with E-state index in [9.17, 15) is 0 Å². The molecule has 0 radical (unpaired) electrons. The Hall–Kier alpha value is -2.10. The fourth-order valence-corrected chi connectivity index (χ4v) is 9.73. The second-order valence-corrected chi connectivity index (χ2v) is 14.3. The highest BCUT2D eigenvalue weighted by molar-refractivity contribution is 7.87. The van der Waals surface area contributed by atoms with E-state index >= 15 is 0 Å². The van der Waals surface area contributed by atoms with E-state index in [1.54, 1.807) is 0 Å². The Morgan fingerprint density at radius 1 is 0.667 bits per heavy atom. The summed E-state index contributed by atoms with van der Waals surface area (Å²) in [5.74, 6) is 0. The third-order valence-electron chi connectivity index (χ3n) is 3.39. The summed E-state index contributed by atoms with van der Waals surface area (Å²) in [4.78, 5) is 14.1. The summed E-state index contributed by atoms with van der Waals surface area (Å²) in [6.07, 6.45) is 5.49. The maximum Gasteiger partial charge on any atom is 0.171 e. The number of nitrogens with zero attached hydrogens (tertiary/aromatic N) is 4. The lowest BCUT2D eigenvalue weighted by atomic mass is 10.5. The van der Waals surface area contributed by atoms with E-state index in [1.807, 2.05) is 55.0 Å². The van der Waals surface area contributed by atoms with Crippen molar-refractivity contribution in [1.82, 2.24) is 15.0 Å². The maximum atomic E-state index is 5.41. The lowest BCUT2D eigenvalue weighted by Gasteiger charge is -2.27. The van der Waals surface area contributed by atoms with E-state index in [-0.39, 0.29) is 0 Å². The van der Waals surface area contributed by atoms with Crippen molar-refractivity contribution in [3.05, 3.63) is 73.2 Å². The van der Waals surface area contributed by atoms with Crippen LogP contribution in [-0.2, 0) is 0 Å². The van der Waals surface area contributed by atoms with Gasteiger partial charge in [-0.1, -0.05) is 37.8 Å². The minimum atomic E-state index is -2.32. The zero-order valence-electron chi connectivity index (χ0n) is 14.2. The second kappa shape index (κ2) is 6.79. The van der Waals surface area contributed by atoms with Crippen LogP contribution in [0, 0.1) is 0 Å². The second-order valence-electron chi connectivity index (χ2n) is 6.47. The molecule has 24 heavy (non-hydrogen) atoms. The monoisotopic (exact) mass is 352 g/mol. The van der Waals surface area contributed by atoms with Gasteiger partial charge in [0.1, 0.15) is 0 Å². The minimum Gasteiger partial charge on any atom is -0.322 e. The molecule has 0 bridgehead atoms. The van der Waals surface area contributed by atoms with Gasteiger partial charge in [0.15, 0.2) is 8.24 Å². The van der Waals surface area contributed by atoms with Crippen molar-refractivity contribution in [1.29, 1.82) is 0 Å². The lowest BCUT2D eigenvalue weighted by molar-refractivity contribution is 1.34. The molecule has 0 atom stereocenters. The average Bonchev–Trinajstić information content (AvgIpc) is 2.61. The predicted molar refractivity (Wildman–Crippen MR) is 104 cm³/mol. The van der Waals surface area contributed by atoms with Crippen LogP contribution in [0.25, 0.3) is 0 Å². The van der Waals surface area contributed by atoms with Gasteiger partial charge in [-0.05, 0) is 36.4 Å². The van der Waals surface area contributed by atoms with Crippen LogP contribution in [0.5, 0.6) is 0 Å². The summed E-state index contributed by atoms with van der Waals surface area (Å²) in [5, 5.41) is 0. The summed E-state index contributed by atoms with van der Waals surface area (Å²) in [6.45, 7) is 6.74. The Labute approximate surface area is 144 Å². The van der Waals surface area contributed by atoms with Crippen molar-refractivity contribution in [2.24, 2.45) is 4.41 Å². The van der Waals surface area contributed by atoms with Crippen LogP contribution in [0.15, 0.2) is 77.6 Å². The first-order valence-electron chi connectivity index (χ1n) is 7.91. The molecule has 0 amide bonds. The summed E-state index contributed by atoms with van der Waals surface area (Å²) in [5.41, 5.74) is 2.89. The molecule has 0 fully saturated rings. The highest BCUT2D eigenvalue weighted by atomic mass is 31.2. The first-order valence-corrected chi connectivity index (χ1v) is 13.1. The molecule has 3 aromatic heterocycles. The lowest BCUT2D eigenvalue weighted by Crippen LogP contribution is -2.33. The highest BCUT2D eigenvalue weighted by Crippen LogP contribution is 2.46. The van der Waals surface area contributed by atoms with Gasteiger partial charge in [-0.15, -0.1) is 0 Å². The summed E-state index contributed by atoms with van der Waals surface area (Å²) in [6, 6.07) is 18.0.